The lowest BCUT2D eigenvalue weighted by molar-refractivity contribution is -0.121. The van der Waals surface area contributed by atoms with Gasteiger partial charge < -0.3 is 10.6 Å². The summed E-state index contributed by atoms with van der Waals surface area (Å²) in [5, 5.41) is 5.26. The van der Waals surface area contributed by atoms with Crippen molar-refractivity contribution in [2.75, 3.05) is 11.1 Å². The maximum Gasteiger partial charge on any atom is 0.237 e. The summed E-state index contributed by atoms with van der Waals surface area (Å²) in [4.78, 5) is 29.0. The lowest BCUT2D eigenvalue weighted by Crippen LogP contribution is -2.28. The highest BCUT2D eigenvalue weighted by molar-refractivity contribution is 8.01. The molecule has 1 aliphatic heterocycles. The van der Waals surface area contributed by atoms with Crippen molar-refractivity contribution in [1.29, 1.82) is 0 Å². The number of nitrogens with zero attached hydrogens (tertiary/aromatic N) is 1. The third kappa shape index (κ3) is 4.90. The second-order valence-electron chi connectivity index (χ2n) is 6.33. The van der Waals surface area contributed by atoms with Gasteiger partial charge in [-0.15, -0.1) is 11.8 Å². The molecule has 2 N–H and O–H groups in total. The number of amides is 2. The third-order valence-corrected chi connectivity index (χ3v) is 7.45. The minimum Gasteiger partial charge on any atom is -0.350 e. The molecule has 1 aliphatic rings. The van der Waals surface area contributed by atoms with Crippen LogP contribution in [0.1, 0.15) is 25.5 Å². The maximum atomic E-state index is 12.6. The Morgan fingerprint density at radius 1 is 1.29 bits per heavy atom. The number of pyridine rings is 1. The SMILES string of the molecule is CC[C@@H]1Sc2ccc(S(=O)(=O)CCC(=O)NCc3ccccn3)cc2NC1=O. The molecule has 0 saturated heterocycles. The summed E-state index contributed by atoms with van der Waals surface area (Å²) in [6.07, 6.45) is 2.18. The molecule has 2 aromatic rings. The van der Waals surface area contributed by atoms with Crippen LogP contribution in [0.4, 0.5) is 5.69 Å². The molecule has 0 spiro atoms. The zero-order valence-corrected chi connectivity index (χ0v) is 17.0. The first kappa shape index (κ1) is 20.3. The van der Waals surface area contributed by atoms with Gasteiger partial charge in [-0.2, -0.15) is 0 Å². The number of sulfone groups is 1. The van der Waals surface area contributed by atoms with Crippen LogP contribution in [0.15, 0.2) is 52.4 Å². The first-order valence-corrected chi connectivity index (χ1v) is 11.4. The standard InChI is InChI=1S/C19H21N3O4S2/c1-2-16-19(24)22-15-11-14(6-7-17(15)27-16)28(25,26)10-8-18(23)21-12-13-5-3-4-9-20-13/h3-7,9,11,16H,2,8,10,12H2,1H3,(H,21,23)(H,22,24)/t16-/m0/s1. The highest BCUT2D eigenvalue weighted by Gasteiger charge is 2.27. The summed E-state index contributed by atoms with van der Waals surface area (Å²) in [6, 6.07) is 10.1. The van der Waals surface area contributed by atoms with Crippen LogP contribution >= 0.6 is 11.8 Å². The minimum atomic E-state index is -3.65. The number of hydrogen-bond donors (Lipinski definition) is 2. The van der Waals surface area contributed by atoms with Gasteiger partial charge in [-0.25, -0.2) is 8.42 Å². The monoisotopic (exact) mass is 419 g/mol. The van der Waals surface area contributed by atoms with Crippen LogP contribution < -0.4 is 10.6 Å². The average Bonchev–Trinajstić information content (AvgIpc) is 2.70. The Hall–Kier alpha value is -2.39. The molecule has 0 radical (unpaired) electrons. The van der Waals surface area contributed by atoms with Crippen LogP contribution in [-0.2, 0) is 26.0 Å². The number of rotatable bonds is 7. The van der Waals surface area contributed by atoms with E-state index in [9.17, 15) is 18.0 Å². The molecule has 148 valence electrons. The smallest absolute Gasteiger partial charge is 0.237 e. The van der Waals surface area contributed by atoms with E-state index < -0.39 is 9.84 Å². The van der Waals surface area contributed by atoms with E-state index in [1.165, 1.54) is 23.9 Å². The van der Waals surface area contributed by atoms with Crippen LogP contribution in [0, 0.1) is 0 Å². The Labute approximate surface area is 168 Å². The van der Waals surface area contributed by atoms with Crippen LogP contribution in [0.3, 0.4) is 0 Å². The van der Waals surface area contributed by atoms with Gasteiger partial charge in [0, 0.05) is 17.5 Å². The minimum absolute atomic E-state index is 0.0969. The summed E-state index contributed by atoms with van der Waals surface area (Å²) < 4.78 is 25.2. The van der Waals surface area contributed by atoms with E-state index in [4.69, 9.17) is 0 Å². The van der Waals surface area contributed by atoms with E-state index in [1.807, 2.05) is 13.0 Å². The van der Waals surface area contributed by atoms with E-state index in [2.05, 4.69) is 15.6 Å². The summed E-state index contributed by atoms with van der Waals surface area (Å²) >= 11 is 1.43. The number of thioether (sulfide) groups is 1. The van der Waals surface area contributed by atoms with E-state index >= 15 is 0 Å². The number of fused-ring (bicyclic) bond motifs is 1. The van der Waals surface area contributed by atoms with Crippen LogP contribution in [0.25, 0.3) is 0 Å². The summed E-state index contributed by atoms with van der Waals surface area (Å²) in [7, 11) is -3.65. The van der Waals surface area contributed by atoms with Crippen molar-refractivity contribution in [1.82, 2.24) is 10.3 Å². The van der Waals surface area contributed by atoms with E-state index in [1.54, 1.807) is 24.4 Å². The number of hydrogen-bond acceptors (Lipinski definition) is 6. The zero-order valence-electron chi connectivity index (χ0n) is 15.3. The number of anilines is 1. The zero-order chi connectivity index (χ0) is 20.1. The van der Waals surface area contributed by atoms with Crippen molar-refractivity contribution >= 4 is 39.1 Å². The Bertz CT molecular complexity index is 978. The van der Waals surface area contributed by atoms with Crippen molar-refractivity contribution in [3.05, 3.63) is 48.3 Å². The van der Waals surface area contributed by atoms with Crippen molar-refractivity contribution in [3.63, 3.8) is 0 Å². The largest absolute Gasteiger partial charge is 0.350 e. The van der Waals surface area contributed by atoms with Gasteiger partial charge in [0.15, 0.2) is 9.84 Å². The van der Waals surface area contributed by atoms with Gasteiger partial charge in [0.1, 0.15) is 0 Å². The molecule has 0 unspecified atom stereocenters. The van der Waals surface area contributed by atoms with Crippen LogP contribution in [-0.4, -0.2) is 36.2 Å². The van der Waals surface area contributed by atoms with Crippen LogP contribution in [0.2, 0.25) is 0 Å². The lowest BCUT2D eigenvalue weighted by Gasteiger charge is -2.23. The summed E-state index contributed by atoms with van der Waals surface area (Å²) in [6.45, 7) is 2.18. The number of benzene rings is 1. The van der Waals surface area contributed by atoms with Gasteiger partial charge in [0.2, 0.25) is 11.8 Å². The van der Waals surface area contributed by atoms with Gasteiger partial charge in [0.05, 0.1) is 33.8 Å². The first-order chi connectivity index (χ1) is 13.4. The lowest BCUT2D eigenvalue weighted by atomic mass is 10.2. The highest BCUT2D eigenvalue weighted by atomic mass is 32.2. The molecule has 7 nitrogen and oxygen atoms in total. The van der Waals surface area contributed by atoms with Gasteiger partial charge in [-0.1, -0.05) is 13.0 Å². The summed E-state index contributed by atoms with van der Waals surface area (Å²) in [5.41, 5.74) is 1.20. The van der Waals surface area contributed by atoms with Crippen molar-refractivity contribution in [2.24, 2.45) is 0 Å². The average molecular weight is 420 g/mol. The van der Waals surface area contributed by atoms with Gasteiger partial charge in [-0.3, -0.25) is 14.6 Å². The molecule has 0 aliphatic carbocycles. The number of carbonyl (C=O) groups excluding carboxylic acids is 2. The predicted octanol–water partition coefficient (Wildman–Crippen LogP) is 2.38. The summed E-state index contributed by atoms with van der Waals surface area (Å²) in [5.74, 6) is -0.788. The van der Waals surface area contributed by atoms with E-state index in [-0.39, 0.29) is 40.7 Å². The predicted molar refractivity (Wildman–Crippen MR) is 108 cm³/mol. The molecule has 1 aromatic heterocycles. The molecular formula is C19H21N3O4S2. The molecule has 2 heterocycles. The Kier molecular flexibility index (Phi) is 6.35. The molecule has 3 rings (SSSR count). The molecule has 1 aromatic carbocycles. The topological polar surface area (TPSA) is 105 Å². The third-order valence-electron chi connectivity index (χ3n) is 4.29. The Morgan fingerprint density at radius 3 is 2.82 bits per heavy atom. The molecule has 2 amide bonds. The second-order valence-corrected chi connectivity index (χ2v) is 9.68. The van der Waals surface area contributed by atoms with E-state index in [0.717, 1.165) is 4.90 Å². The van der Waals surface area contributed by atoms with Crippen molar-refractivity contribution < 1.29 is 18.0 Å². The quantitative estimate of drug-likeness (QED) is 0.714. The van der Waals surface area contributed by atoms with Crippen LogP contribution in [0.5, 0.6) is 0 Å². The normalized spacial score (nSPS) is 16.2. The second kappa shape index (κ2) is 8.74. The molecule has 0 fully saturated rings. The van der Waals surface area contributed by atoms with Gasteiger partial charge >= 0.3 is 0 Å². The number of carbonyl (C=O) groups is 2. The Morgan fingerprint density at radius 2 is 2.11 bits per heavy atom. The molecule has 1 atom stereocenters. The fourth-order valence-corrected chi connectivity index (χ4v) is 5.00. The molecule has 0 bridgehead atoms. The molecule has 9 heteroatoms. The fourth-order valence-electron chi connectivity index (χ4n) is 2.72. The van der Waals surface area contributed by atoms with Gasteiger partial charge in [-0.05, 0) is 36.8 Å². The fraction of sp³-hybridized carbons (Fsp3) is 0.316. The van der Waals surface area contributed by atoms with E-state index in [0.29, 0.717) is 17.8 Å². The Balaban J connectivity index is 1.61. The first-order valence-electron chi connectivity index (χ1n) is 8.90. The van der Waals surface area contributed by atoms with Gasteiger partial charge in [0.25, 0.3) is 0 Å². The molecule has 0 saturated carbocycles. The number of aromatic nitrogens is 1. The molecule has 28 heavy (non-hydrogen) atoms. The number of nitrogens with one attached hydrogen (secondary N) is 2. The van der Waals surface area contributed by atoms with Crippen molar-refractivity contribution in [2.45, 2.75) is 41.4 Å². The maximum absolute atomic E-state index is 12.6. The molecular weight excluding hydrogens is 398 g/mol. The highest BCUT2D eigenvalue weighted by Crippen LogP contribution is 2.38. The van der Waals surface area contributed by atoms with Crippen molar-refractivity contribution in [3.8, 4) is 0 Å².